The maximum atomic E-state index is 12.0. The summed E-state index contributed by atoms with van der Waals surface area (Å²) < 4.78 is 0. The third-order valence-corrected chi connectivity index (χ3v) is 3.04. The number of carbonyl (C=O) groups excluding carboxylic acids is 1. The molecule has 0 heterocycles. The van der Waals surface area contributed by atoms with Gasteiger partial charge in [-0.05, 0) is 29.3 Å². The zero-order chi connectivity index (χ0) is 13.7. The summed E-state index contributed by atoms with van der Waals surface area (Å²) in [5.74, 6) is -0.0665. The number of nitrogens with two attached hydrogens (primary N) is 1. The van der Waals surface area contributed by atoms with E-state index in [1.807, 2.05) is 36.4 Å². The summed E-state index contributed by atoms with van der Waals surface area (Å²) in [6, 6.07) is 14.8. The maximum absolute atomic E-state index is 12.0. The Bertz CT molecular complexity index is 567. The number of benzene rings is 2. The Kier molecular flexibility index (Phi) is 4.55. The van der Waals surface area contributed by atoms with Crippen LogP contribution in [0.25, 0.3) is 0 Å². The van der Waals surface area contributed by atoms with Crippen molar-refractivity contribution in [2.45, 2.75) is 13.0 Å². The lowest BCUT2D eigenvalue weighted by atomic mass is 10.1. The molecule has 0 saturated heterocycles. The quantitative estimate of drug-likeness (QED) is 0.901. The number of nitrogens with one attached hydrogen (secondary N) is 1. The highest BCUT2D eigenvalue weighted by Gasteiger charge is 2.06. The number of hydrogen-bond donors (Lipinski definition) is 2. The van der Waals surface area contributed by atoms with Crippen molar-refractivity contribution >= 4 is 23.2 Å². The summed E-state index contributed by atoms with van der Waals surface area (Å²) in [6.45, 7) is 0.400. The van der Waals surface area contributed by atoms with Crippen molar-refractivity contribution in [1.29, 1.82) is 0 Å². The van der Waals surface area contributed by atoms with Gasteiger partial charge in [-0.1, -0.05) is 41.9 Å². The molecule has 2 aromatic carbocycles. The molecule has 4 heteroatoms. The molecule has 19 heavy (non-hydrogen) atoms. The lowest BCUT2D eigenvalue weighted by Gasteiger charge is -2.09. The molecule has 0 fully saturated rings. The van der Waals surface area contributed by atoms with Crippen molar-refractivity contribution in [3.63, 3.8) is 0 Å². The van der Waals surface area contributed by atoms with E-state index in [9.17, 15) is 4.79 Å². The lowest BCUT2D eigenvalue weighted by molar-refractivity contribution is -0.115. The van der Waals surface area contributed by atoms with E-state index in [1.165, 1.54) is 0 Å². The van der Waals surface area contributed by atoms with E-state index in [0.29, 0.717) is 18.0 Å². The normalized spacial score (nSPS) is 10.2. The predicted octanol–water partition coefficient (Wildman–Crippen LogP) is 2.98. The summed E-state index contributed by atoms with van der Waals surface area (Å²) in [4.78, 5) is 12.0. The summed E-state index contributed by atoms with van der Waals surface area (Å²) in [5.41, 5.74) is 8.24. The first kappa shape index (κ1) is 13.6. The smallest absolute Gasteiger partial charge is 0.228 e. The monoisotopic (exact) mass is 274 g/mol. The van der Waals surface area contributed by atoms with Gasteiger partial charge in [-0.2, -0.15) is 0 Å². The molecule has 2 rings (SSSR count). The van der Waals surface area contributed by atoms with Crippen molar-refractivity contribution in [3.8, 4) is 0 Å². The summed E-state index contributed by atoms with van der Waals surface area (Å²) in [7, 11) is 0. The summed E-state index contributed by atoms with van der Waals surface area (Å²) >= 11 is 5.80. The van der Waals surface area contributed by atoms with Crippen molar-refractivity contribution in [3.05, 3.63) is 64.7 Å². The van der Waals surface area contributed by atoms with E-state index < -0.39 is 0 Å². The van der Waals surface area contributed by atoms with E-state index in [1.54, 1.807) is 12.1 Å². The van der Waals surface area contributed by atoms with Gasteiger partial charge in [-0.25, -0.2) is 0 Å². The fourth-order valence-electron chi connectivity index (χ4n) is 1.80. The molecule has 0 aliphatic rings. The molecule has 0 atom stereocenters. The minimum atomic E-state index is -0.0665. The first-order valence-electron chi connectivity index (χ1n) is 6.01. The number of carbonyl (C=O) groups is 1. The van der Waals surface area contributed by atoms with Crippen LogP contribution in [0.5, 0.6) is 0 Å². The molecule has 2 aromatic rings. The fourth-order valence-corrected chi connectivity index (χ4v) is 1.93. The highest BCUT2D eigenvalue weighted by molar-refractivity contribution is 6.30. The Hall–Kier alpha value is -1.84. The van der Waals surface area contributed by atoms with E-state index in [0.717, 1.165) is 16.8 Å². The van der Waals surface area contributed by atoms with Crippen molar-refractivity contribution in [2.24, 2.45) is 5.73 Å². The second kappa shape index (κ2) is 6.36. The van der Waals surface area contributed by atoms with Crippen LogP contribution >= 0.6 is 11.6 Å². The van der Waals surface area contributed by atoms with E-state index in [4.69, 9.17) is 17.3 Å². The summed E-state index contributed by atoms with van der Waals surface area (Å²) in [6.07, 6.45) is 0.316. The standard InChI is InChI=1S/C15H15ClN2O/c16-13-7-5-11(6-8-13)9-15(19)18-14-4-2-1-3-12(14)10-17/h1-8H,9-10,17H2,(H,18,19). The van der Waals surface area contributed by atoms with Crippen LogP contribution in [-0.2, 0) is 17.8 Å². The lowest BCUT2D eigenvalue weighted by Crippen LogP contribution is -2.16. The van der Waals surface area contributed by atoms with Crippen LogP contribution in [0.4, 0.5) is 5.69 Å². The second-order valence-corrected chi connectivity index (χ2v) is 4.65. The number of anilines is 1. The number of hydrogen-bond acceptors (Lipinski definition) is 2. The van der Waals surface area contributed by atoms with Crippen molar-refractivity contribution in [1.82, 2.24) is 0 Å². The van der Waals surface area contributed by atoms with Gasteiger partial charge in [-0.3, -0.25) is 4.79 Å². The summed E-state index contributed by atoms with van der Waals surface area (Å²) in [5, 5.41) is 3.54. The molecule has 0 aromatic heterocycles. The highest BCUT2D eigenvalue weighted by atomic mass is 35.5. The Balaban J connectivity index is 2.03. The minimum Gasteiger partial charge on any atom is -0.326 e. The topological polar surface area (TPSA) is 55.1 Å². The van der Waals surface area contributed by atoms with Crippen LogP contribution < -0.4 is 11.1 Å². The molecule has 0 unspecified atom stereocenters. The third kappa shape index (κ3) is 3.81. The first-order chi connectivity index (χ1) is 9.19. The molecule has 98 valence electrons. The van der Waals surface area contributed by atoms with Crippen LogP contribution in [-0.4, -0.2) is 5.91 Å². The number of halogens is 1. The highest BCUT2D eigenvalue weighted by Crippen LogP contribution is 2.15. The molecule has 0 spiro atoms. The van der Waals surface area contributed by atoms with Gasteiger partial charge in [-0.15, -0.1) is 0 Å². The maximum Gasteiger partial charge on any atom is 0.228 e. The Morgan fingerprint density at radius 2 is 1.79 bits per heavy atom. The Morgan fingerprint density at radius 1 is 1.11 bits per heavy atom. The second-order valence-electron chi connectivity index (χ2n) is 4.21. The Morgan fingerprint density at radius 3 is 2.47 bits per heavy atom. The van der Waals surface area contributed by atoms with Gasteiger partial charge in [0.1, 0.15) is 0 Å². The molecule has 0 aliphatic heterocycles. The van der Waals surface area contributed by atoms with Crippen LogP contribution in [0.2, 0.25) is 5.02 Å². The van der Waals surface area contributed by atoms with Crippen molar-refractivity contribution in [2.75, 3.05) is 5.32 Å². The van der Waals surface area contributed by atoms with Gasteiger partial charge in [0.25, 0.3) is 0 Å². The van der Waals surface area contributed by atoms with Crippen molar-refractivity contribution < 1.29 is 4.79 Å². The zero-order valence-electron chi connectivity index (χ0n) is 10.4. The third-order valence-electron chi connectivity index (χ3n) is 2.79. The van der Waals surface area contributed by atoms with Gasteiger partial charge in [0, 0.05) is 17.3 Å². The number of amides is 1. The van der Waals surface area contributed by atoms with E-state index in [-0.39, 0.29) is 5.91 Å². The number of rotatable bonds is 4. The average molecular weight is 275 g/mol. The largest absolute Gasteiger partial charge is 0.326 e. The number of para-hydroxylation sites is 1. The fraction of sp³-hybridized carbons (Fsp3) is 0.133. The molecule has 3 N–H and O–H groups in total. The SMILES string of the molecule is NCc1ccccc1NC(=O)Cc1ccc(Cl)cc1. The molecule has 3 nitrogen and oxygen atoms in total. The first-order valence-corrected chi connectivity index (χ1v) is 6.39. The van der Waals surface area contributed by atoms with Gasteiger partial charge < -0.3 is 11.1 Å². The molecular weight excluding hydrogens is 260 g/mol. The molecule has 1 amide bonds. The average Bonchev–Trinajstić information content (AvgIpc) is 2.42. The van der Waals surface area contributed by atoms with Crippen LogP contribution in [0.1, 0.15) is 11.1 Å². The van der Waals surface area contributed by atoms with Gasteiger partial charge in [0.15, 0.2) is 0 Å². The van der Waals surface area contributed by atoms with Gasteiger partial charge in [0.05, 0.1) is 6.42 Å². The zero-order valence-corrected chi connectivity index (χ0v) is 11.2. The van der Waals surface area contributed by atoms with Crippen LogP contribution in [0.15, 0.2) is 48.5 Å². The molecule has 0 saturated carbocycles. The minimum absolute atomic E-state index is 0.0665. The van der Waals surface area contributed by atoms with Crippen LogP contribution in [0, 0.1) is 0 Å². The Labute approximate surface area is 117 Å². The van der Waals surface area contributed by atoms with E-state index >= 15 is 0 Å². The molecular formula is C15H15ClN2O. The van der Waals surface area contributed by atoms with Gasteiger partial charge >= 0.3 is 0 Å². The molecule has 0 aliphatic carbocycles. The molecule has 0 bridgehead atoms. The van der Waals surface area contributed by atoms with Gasteiger partial charge in [0.2, 0.25) is 5.91 Å². The van der Waals surface area contributed by atoms with Crippen LogP contribution in [0.3, 0.4) is 0 Å². The molecule has 0 radical (unpaired) electrons. The predicted molar refractivity (Wildman–Crippen MR) is 78.1 cm³/mol. The van der Waals surface area contributed by atoms with E-state index in [2.05, 4.69) is 5.32 Å².